The van der Waals surface area contributed by atoms with E-state index in [0.29, 0.717) is 11.6 Å². The minimum Gasteiger partial charge on any atom is -0.337 e. The standard InChI is InChI=1S/C12H19N3O/c1-9-5-4-6-15(8-9)12(16)11-7-10(2)13-14(11)3/h7,9H,4-6,8H2,1-3H3/t9-/m1/s1. The van der Waals surface area contributed by atoms with Crippen molar-refractivity contribution in [1.82, 2.24) is 14.7 Å². The number of carbonyl (C=O) groups excluding carboxylic acids is 1. The molecule has 0 N–H and O–H groups in total. The van der Waals surface area contributed by atoms with Gasteiger partial charge in [-0.05, 0) is 31.7 Å². The number of nitrogens with zero attached hydrogens (tertiary/aromatic N) is 3. The lowest BCUT2D eigenvalue weighted by atomic mass is 10.00. The first kappa shape index (κ1) is 11.2. The highest BCUT2D eigenvalue weighted by Crippen LogP contribution is 2.17. The van der Waals surface area contributed by atoms with Crippen molar-refractivity contribution in [2.45, 2.75) is 26.7 Å². The van der Waals surface area contributed by atoms with Crippen molar-refractivity contribution in [2.75, 3.05) is 13.1 Å². The van der Waals surface area contributed by atoms with Crippen LogP contribution in [-0.2, 0) is 7.05 Å². The number of aryl methyl sites for hydroxylation is 2. The highest BCUT2D eigenvalue weighted by molar-refractivity contribution is 5.92. The molecule has 0 unspecified atom stereocenters. The van der Waals surface area contributed by atoms with Crippen LogP contribution in [0.15, 0.2) is 6.07 Å². The summed E-state index contributed by atoms with van der Waals surface area (Å²) in [6, 6.07) is 1.86. The summed E-state index contributed by atoms with van der Waals surface area (Å²) in [5.41, 5.74) is 1.60. The predicted octanol–water partition coefficient (Wildman–Crippen LogP) is 1.60. The minimum atomic E-state index is 0.120. The number of aromatic nitrogens is 2. The molecule has 2 rings (SSSR count). The van der Waals surface area contributed by atoms with Crippen LogP contribution in [0, 0.1) is 12.8 Å². The maximum absolute atomic E-state index is 12.2. The van der Waals surface area contributed by atoms with Gasteiger partial charge < -0.3 is 4.90 Å². The molecule has 0 spiro atoms. The SMILES string of the molecule is Cc1cc(C(=O)N2CCC[C@@H](C)C2)n(C)n1. The van der Waals surface area contributed by atoms with Gasteiger partial charge in [0.2, 0.25) is 0 Å². The first-order valence-corrected chi connectivity index (χ1v) is 5.88. The van der Waals surface area contributed by atoms with Crippen molar-refractivity contribution in [3.63, 3.8) is 0 Å². The van der Waals surface area contributed by atoms with E-state index in [9.17, 15) is 4.79 Å². The summed E-state index contributed by atoms with van der Waals surface area (Å²) in [5, 5.41) is 4.22. The summed E-state index contributed by atoms with van der Waals surface area (Å²) in [6.45, 7) is 5.88. The molecule has 0 bridgehead atoms. The Hall–Kier alpha value is -1.32. The Morgan fingerprint density at radius 1 is 1.56 bits per heavy atom. The summed E-state index contributed by atoms with van der Waals surface area (Å²) >= 11 is 0. The molecule has 0 aromatic carbocycles. The molecule has 88 valence electrons. The van der Waals surface area contributed by atoms with Gasteiger partial charge in [0, 0.05) is 20.1 Å². The van der Waals surface area contributed by atoms with Crippen LogP contribution in [0.4, 0.5) is 0 Å². The van der Waals surface area contributed by atoms with Crippen LogP contribution in [0.25, 0.3) is 0 Å². The van der Waals surface area contributed by atoms with Crippen molar-refractivity contribution in [1.29, 1.82) is 0 Å². The van der Waals surface area contributed by atoms with Gasteiger partial charge in [-0.25, -0.2) is 0 Å². The maximum Gasteiger partial charge on any atom is 0.272 e. The van der Waals surface area contributed by atoms with Gasteiger partial charge in [0.15, 0.2) is 0 Å². The van der Waals surface area contributed by atoms with E-state index in [-0.39, 0.29) is 5.91 Å². The molecule has 1 aliphatic heterocycles. The zero-order valence-corrected chi connectivity index (χ0v) is 10.2. The molecule has 4 nitrogen and oxygen atoms in total. The third-order valence-corrected chi connectivity index (χ3v) is 3.17. The summed E-state index contributed by atoms with van der Waals surface area (Å²) in [6.07, 6.45) is 2.35. The molecule has 1 amide bonds. The summed E-state index contributed by atoms with van der Waals surface area (Å²) in [7, 11) is 1.83. The molecule has 1 saturated heterocycles. The van der Waals surface area contributed by atoms with E-state index in [0.717, 1.165) is 25.2 Å². The van der Waals surface area contributed by atoms with Crippen molar-refractivity contribution in [3.8, 4) is 0 Å². The smallest absolute Gasteiger partial charge is 0.272 e. The molecule has 1 fully saturated rings. The van der Waals surface area contributed by atoms with Crippen molar-refractivity contribution in [3.05, 3.63) is 17.5 Å². The number of likely N-dealkylation sites (tertiary alicyclic amines) is 1. The average molecular weight is 221 g/mol. The van der Waals surface area contributed by atoms with Crippen LogP contribution >= 0.6 is 0 Å². The van der Waals surface area contributed by atoms with Crippen LogP contribution < -0.4 is 0 Å². The minimum absolute atomic E-state index is 0.120. The number of amides is 1. The van der Waals surface area contributed by atoms with E-state index < -0.39 is 0 Å². The number of hydrogen-bond acceptors (Lipinski definition) is 2. The monoisotopic (exact) mass is 221 g/mol. The Kier molecular flexibility index (Phi) is 2.99. The van der Waals surface area contributed by atoms with Crippen molar-refractivity contribution >= 4 is 5.91 Å². The van der Waals surface area contributed by atoms with Gasteiger partial charge in [0.05, 0.1) is 5.69 Å². The zero-order valence-electron chi connectivity index (χ0n) is 10.2. The lowest BCUT2D eigenvalue weighted by molar-refractivity contribution is 0.0672. The van der Waals surface area contributed by atoms with Crippen molar-refractivity contribution < 1.29 is 4.79 Å². The van der Waals surface area contributed by atoms with Crippen LogP contribution in [-0.4, -0.2) is 33.7 Å². The van der Waals surface area contributed by atoms with E-state index in [2.05, 4.69) is 12.0 Å². The molecular formula is C12H19N3O. The second-order valence-electron chi connectivity index (χ2n) is 4.79. The molecular weight excluding hydrogens is 202 g/mol. The van der Waals surface area contributed by atoms with E-state index in [1.807, 2.05) is 24.9 Å². The predicted molar refractivity (Wildman–Crippen MR) is 62.2 cm³/mol. The van der Waals surface area contributed by atoms with E-state index in [1.54, 1.807) is 4.68 Å². The number of piperidine rings is 1. The normalized spacial score (nSPS) is 21.2. The lowest BCUT2D eigenvalue weighted by Crippen LogP contribution is -2.39. The molecule has 4 heteroatoms. The Labute approximate surface area is 96.2 Å². The molecule has 0 aliphatic carbocycles. The third-order valence-electron chi connectivity index (χ3n) is 3.17. The van der Waals surface area contributed by atoms with Gasteiger partial charge in [-0.1, -0.05) is 6.92 Å². The summed E-state index contributed by atoms with van der Waals surface area (Å²) in [4.78, 5) is 14.2. The summed E-state index contributed by atoms with van der Waals surface area (Å²) < 4.78 is 1.68. The zero-order chi connectivity index (χ0) is 11.7. The van der Waals surface area contributed by atoms with Crippen LogP contribution in [0.2, 0.25) is 0 Å². The van der Waals surface area contributed by atoms with Crippen molar-refractivity contribution in [2.24, 2.45) is 13.0 Å². The number of carbonyl (C=O) groups is 1. The quantitative estimate of drug-likeness (QED) is 0.722. The van der Waals surface area contributed by atoms with E-state index in [4.69, 9.17) is 0 Å². The van der Waals surface area contributed by atoms with Gasteiger partial charge in [0.25, 0.3) is 5.91 Å². The lowest BCUT2D eigenvalue weighted by Gasteiger charge is -2.30. The number of rotatable bonds is 1. The van der Waals surface area contributed by atoms with Gasteiger partial charge in [0.1, 0.15) is 5.69 Å². The van der Waals surface area contributed by atoms with Gasteiger partial charge in [-0.15, -0.1) is 0 Å². The average Bonchev–Trinajstić information content (AvgIpc) is 2.57. The highest BCUT2D eigenvalue weighted by atomic mass is 16.2. The van der Waals surface area contributed by atoms with Crippen LogP contribution in [0.3, 0.4) is 0 Å². The number of hydrogen-bond donors (Lipinski definition) is 0. The Morgan fingerprint density at radius 2 is 2.31 bits per heavy atom. The molecule has 0 radical (unpaired) electrons. The fraction of sp³-hybridized carbons (Fsp3) is 0.667. The fourth-order valence-corrected chi connectivity index (χ4v) is 2.35. The first-order chi connectivity index (χ1) is 7.58. The maximum atomic E-state index is 12.2. The van der Waals surface area contributed by atoms with Gasteiger partial charge >= 0.3 is 0 Å². The Balaban J connectivity index is 2.15. The molecule has 1 atom stereocenters. The Bertz CT molecular complexity index is 397. The van der Waals surface area contributed by atoms with Gasteiger partial charge in [-0.3, -0.25) is 9.48 Å². The fourth-order valence-electron chi connectivity index (χ4n) is 2.35. The molecule has 1 aromatic rings. The topological polar surface area (TPSA) is 38.1 Å². The molecule has 1 aromatic heterocycles. The van der Waals surface area contributed by atoms with Crippen LogP contribution in [0.5, 0.6) is 0 Å². The highest BCUT2D eigenvalue weighted by Gasteiger charge is 2.24. The van der Waals surface area contributed by atoms with E-state index >= 15 is 0 Å². The first-order valence-electron chi connectivity index (χ1n) is 5.88. The van der Waals surface area contributed by atoms with Gasteiger partial charge in [-0.2, -0.15) is 5.10 Å². The molecule has 0 saturated carbocycles. The molecule has 2 heterocycles. The third kappa shape index (κ3) is 2.10. The summed E-state index contributed by atoms with van der Waals surface area (Å²) in [5.74, 6) is 0.738. The van der Waals surface area contributed by atoms with E-state index in [1.165, 1.54) is 6.42 Å². The molecule has 1 aliphatic rings. The largest absolute Gasteiger partial charge is 0.337 e. The second-order valence-corrected chi connectivity index (χ2v) is 4.79. The molecule has 16 heavy (non-hydrogen) atoms. The van der Waals surface area contributed by atoms with Crippen LogP contribution in [0.1, 0.15) is 35.9 Å². The Morgan fingerprint density at radius 3 is 2.88 bits per heavy atom. The second kappa shape index (κ2) is 4.28.